The highest BCUT2D eigenvalue weighted by molar-refractivity contribution is 7.91. The number of thiophene rings is 1. The number of rotatable bonds is 4. The summed E-state index contributed by atoms with van der Waals surface area (Å²) in [5.74, 6) is -0.0478. The van der Waals surface area contributed by atoms with Crippen LogP contribution in [0.5, 0.6) is 0 Å². The highest BCUT2D eigenvalue weighted by Gasteiger charge is 2.37. The molecule has 124 valence electrons. The van der Waals surface area contributed by atoms with Gasteiger partial charge in [0.1, 0.15) is 0 Å². The van der Waals surface area contributed by atoms with Crippen molar-refractivity contribution in [1.82, 2.24) is 4.90 Å². The van der Waals surface area contributed by atoms with Crippen LogP contribution in [0.3, 0.4) is 0 Å². The molecule has 1 heterocycles. The van der Waals surface area contributed by atoms with Crippen LogP contribution in [-0.4, -0.2) is 43.8 Å². The van der Waals surface area contributed by atoms with Crippen LogP contribution in [0.15, 0.2) is 6.07 Å². The second-order valence-electron chi connectivity index (χ2n) is 6.21. The number of carbonyl (C=O) groups excluding carboxylic acids is 1. The van der Waals surface area contributed by atoms with E-state index in [4.69, 9.17) is 0 Å². The van der Waals surface area contributed by atoms with Gasteiger partial charge < -0.3 is 4.90 Å². The van der Waals surface area contributed by atoms with Crippen molar-refractivity contribution in [3.05, 3.63) is 21.4 Å². The van der Waals surface area contributed by atoms with E-state index in [2.05, 4.69) is 6.92 Å². The number of hydrogen-bond donors (Lipinski definition) is 0. The van der Waals surface area contributed by atoms with Gasteiger partial charge in [0.25, 0.3) is 5.91 Å². The fraction of sp³-hybridized carbons (Fsp3) is 0.688. The molecule has 1 fully saturated rings. The van der Waals surface area contributed by atoms with Crippen molar-refractivity contribution in [3.63, 3.8) is 0 Å². The van der Waals surface area contributed by atoms with E-state index in [0.29, 0.717) is 6.42 Å². The number of hydrogen-bond acceptors (Lipinski definition) is 4. The van der Waals surface area contributed by atoms with Crippen molar-refractivity contribution in [2.24, 2.45) is 0 Å². The molecule has 2 atom stereocenters. The van der Waals surface area contributed by atoms with E-state index in [9.17, 15) is 13.2 Å². The Labute approximate surface area is 137 Å². The van der Waals surface area contributed by atoms with E-state index >= 15 is 0 Å². The molecular formula is C16H25NO3S2. The number of carbonyl (C=O) groups is 1. The highest BCUT2D eigenvalue weighted by atomic mass is 32.2. The summed E-state index contributed by atoms with van der Waals surface area (Å²) in [6.45, 7) is 4.10. The molecule has 0 aliphatic heterocycles. The Hall–Kier alpha value is -0.880. The SMILES string of the molecule is CCc1sc(C(=O)N(C)[C@@H]2CCCC[C@@H]2S(C)(=O)=O)cc1C. The first-order chi connectivity index (χ1) is 10.3. The van der Waals surface area contributed by atoms with E-state index in [0.717, 1.165) is 36.1 Å². The topological polar surface area (TPSA) is 54.5 Å². The Morgan fingerprint density at radius 2 is 2.00 bits per heavy atom. The fourth-order valence-electron chi connectivity index (χ4n) is 3.32. The number of sulfone groups is 1. The average molecular weight is 344 g/mol. The third-order valence-electron chi connectivity index (χ3n) is 4.59. The molecule has 1 aliphatic carbocycles. The molecule has 1 aliphatic rings. The molecule has 0 spiro atoms. The van der Waals surface area contributed by atoms with Gasteiger partial charge in [0, 0.05) is 24.2 Å². The molecule has 1 amide bonds. The van der Waals surface area contributed by atoms with Gasteiger partial charge in [0.05, 0.1) is 10.1 Å². The molecule has 0 saturated heterocycles. The maximum atomic E-state index is 12.7. The van der Waals surface area contributed by atoms with Crippen molar-refractivity contribution in [2.45, 2.75) is 57.2 Å². The first kappa shape index (κ1) is 17.5. The van der Waals surface area contributed by atoms with Crippen LogP contribution < -0.4 is 0 Å². The first-order valence-corrected chi connectivity index (χ1v) is 10.6. The van der Waals surface area contributed by atoms with Gasteiger partial charge in [-0.05, 0) is 37.8 Å². The zero-order valence-electron chi connectivity index (χ0n) is 13.8. The lowest BCUT2D eigenvalue weighted by Gasteiger charge is -2.36. The molecule has 0 N–H and O–H groups in total. The van der Waals surface area contributed by atoms with Gasteiger partial charge in [-0.3, -0.25) is 4.79 Å². The molecule has 1 aromatic rings. The minimum absolute atomic E-state index is 0.0478. The van der Waals surface area contributed by atoms with E-state index in [1.165, 1.54) is 22.5 Å². The van der Waals surface area contributed by atoms with Crippen LogP contribution in [-0.2, 0) is 16.3 Å². The minimum atomic E-state index is -3.13. The second-order valence-corrected chi connectivity index (χ2v) is 9.61. The van der Waals surface area contributed by atoms with Crippen LogP contribution in [0.25, 0.3) is 0 Å². The summed E-state index contributed by atoms with van der Waals surface area (Å²) in [7, 11) is -1.39. The maximum absolute atomic E-state index is 12.7. The van der Waals surface area contributed by atoms with Crippen molar-refractivity contribution in [2.75, 3.05) is 13.3 Å². The summed E-state index contributed by atoms with van der Waals surface area (Å²) in [6, 6.07) is 1.73. The summed E-state index contributed by atoms with van der Waals surface area (Å²) in [5.41, 5.74) is 1.15. The summed E-state index contributed by atoms with van der Waals surface area (Å²) in [6.07, 6.45) is 5.55. The Kier molecular flexibility index (Phi) is 5.33. The number of nitrogens with zero attached hydrogens (tertiary/aromatic N) is 1. The van der Waals surface area contributed by atoms with Crippen molar-refractivity contribution in [1.29, 1.82) is 0 Å². The van der Waals surface area contributed by atoms with Gasteiger partial charge in [0.15, 0.2) is 9.84 Å². The van der Waals surface area contributed by atoms with E-state index in [1.54, 1.807) is 11.9 Å². The summed E-state index contributed by atoms with van der Waals surface area (Å²) >= 11 is 1.53. The molecule has 1 saturated carbocycles. The summed E-state index contributed by atoms with van der Waals surface area (Å²) < 4.78 is 24.1. The Bertz CT molecular complexity index is 648. The summed E-state index contributed by atoms with van der Waals surface area (Å²) in [4.78, 5) is 16.3. The lowest BCUT2D eigenvalue weighted by Crippen LogP contribution is -2.49. The van der Waals surface area contributed by atoms with Gasteiger partial charge in [0.2, 0.25) is 0 Å². The lowest BCUT2D eigenvalue weighted by atomic mass is 9.93. The molecule has 1 aromatic heterocycles. The Morgan fingerprint density at radius 1 is 1.36 bits per heavy atom. The van der Waals surface area contributed by atoms with Crippen LogP contribution in [0, 0.1) is 6.92 Å². The molecule has 0 bridgehead atoms. The molecule has 2 rings (SSSR count). The molecule has 6 heteroatoms. The van der Waals surface area contributed by atoms with Gasteiger partial charge in [-0.15, -0.1) is 11.3 Å². The van der Waals surface area contributed by atoms with E-state index < -0.39 is 15.1 Å². The van der Waals surface area contributed by atoms with Gasteiger partial charge in [-0.1, -0.05) is 19.8 Å². The molecule has 0 aromatic carbocycles. The van der Waals surface area contributed by atoms with Crippen molar-refractivity contribution >= 4 is 27.1 Å². The summed E-state index contributed by atoms with van der Waals surface area (Å²) in [5, 5.41) is -0.429. The quantitative estimate of drug-likeness (QED) is 0.844. The molecule has 4 nitrogen and oxygen atoms in total. The zero-order valence-corrected chi connectivity index (χ0v) is 15.4. The fourth-order valence-corrected chi connectivity index (χ4v) is 5.90. The Balaban J connectivity index is 2.24. The number of amides is 1. The van der Waals surface area contributed by atoms with Gasteiger partial charge >= 0.3 is 0 Å². The maximum Gasteiger partial charge on any atom is 0.263 e. The van der Waals surface area contributed by atoms with E-state index in [-0.39, 0.29) is 11.9 Å². The van der Waals surface area contributed by atoms with Crippen molar-refractivity contribution < 1.29 is 13.2 Å². The Morgan fingerprint density at radius 3 is 2.55 bits per heavy atom. The van der Waals surface area contributed by atoms with E-state index in [1.807, 2.05) is 13.0 Å². The smallest absolute Gasteiger partial charge is 0.263 e. The van der Waals surface area contributed by atoms with Crippen LogP contribution in [0.1, 0.15) is 52.7 Å². The van der Waals surface area contributed by atoms with Gasteiger partial charge in [-0.2, -0.15) is 0 Å². The molecule has 0 unspecified atom stereocenters. The normalized spacial score (nSPS) is 22.5. The standard InChI is InChI=1S/C16H25NO3S2/c1-5-13-11(2)10-14(21-13)16(18)17(3)12-8-6-7-9-15(12)22(4,19)20/h10,12,15H,5-9H2,1-4H3/t12-,15+/m1/s1. The lowest BCUT2D eigenvalue weighted by molar-refractivity contribution is 0.0705. The zero-order chi connectivity index (χ0) is 16.5. The third kappa shape index (κ3) is 3.54. The molecular weight excluding hydrogens is 318 g/mol. The third-order valence-corrected chi connectivity index (χ3v) is 7.61. The monoisotopic (exact) mass is 343 g/mol. The van der Waals surface area contributed by atoms with Crippen LogP contribution in [0.4, 0.5) is 0 Å². The number of aryl methyl sites for hydroxylation is 2. The minimum Gasteiger partial charge on any atom is -0.337 e. The average Bonchev–Trinajstić information content (AvgIpc) is 2.86. The second kappa shape index (κ2) is 6.71. The first-order valence-electron chi connectivity index (χ1n) is 7.81. The van der Waals surface area contributed by atoms with Gasteiger partial charge in [-0.25, -0.2) is 8.42 Å². The molecule has 22 heavy (non-hydrogen) atoms. The van der Waals surface area contributed by atoms with Crippen molar-refractivity contribution in [3.8, 4) is 0 Å². The predicted molar refractivity (Wildman–Crippen MR) is 91.4 cm³/mol. The molecule has 0 radical (unpaired) electrons. The largest absolute Gasteiger partial charge is 0.337 e. The van der Waals surface area contributed by atoms with Crippen LogP contribution in [0.2, 0.25) is 0 Å². The van der Waals surface area contributed by atoms with Crippen LogP contribution >= 0.6 is 11.3 Å². The predicted octanol–water partition coefficient (Wildman–Crippen LogP) is 3.05. The highest BCUT2D eigenvalue weighted by Crippen LogP contribution is 2.30.